The maximum atomic E-state index is 12.5. The predicted octanol–water partition coefficient (Wildman–Crippen LogP) is 2.05. The first-order valence-corrected chi connectivity index (χ1v) is 8.87. The Morgan fingerprint density at radius 1 is 1.43 bits per heavy atom. The highest BCUT2D eigenvalue weighted by molar-refractivity contribution is 6.32. The van der Waals surface area contributed by atoms with Crippen molar-refractivity contribution < 1.29 is 4.74 Å². The number of hydrogen-bond acceptors (Lipinski definition) is 5. The largest absolute Gasteiger partial charge is 0.381 e. The molecule has 128 valence electrons. The lowest BCUT2D eigenvalue weighted by Crippen LogP contribution is -2.37. The molecule has 2 atom stereocenters. The molecular weight excluding hydrogens is 316 g/mol. The smallest absolute Gasteiger partial charge is 0.287 e. The van der Waals surface area contributed by atoms with Crippen molar-refractivity contribution in [3.63, 3.8) is 0 Å². The van der Waals surface area contributed by atoms with Crippen LogP contribution in [-0.4, -0.2) is 42.1 Å². The average Bonchev–Trinajstić information content (AvgIpc) is 2.60. The summed E-state index contributed by atoms with van der Waals surface area (Å²) in [6, 6.07) is 0.336. The third-order valence-electron chi connectivity index (χ3n) is 4.88. The van der Waals surface area contributed by atoms with Crippen molar-refractivity contribution in [1.82, 2.24) is 15.1 Å². The molecule has 2 aliphatic rings. The van der Waals surface area contributed by atoms with Crippen LogP contribution in [-0.2, 0) is 4.74 Å². The zero-order valence-electron chi connectivity index (χ0n) is 13.6. The van der Waals surface area contributed by atoms with E-state index in [2.05, 4.69) is 22.7 Å². The first kappa shape index (κ1) is 16.7. The van der Waals surface area contributed by atoms with Gasteiger partial charge < -0.3 is 15.4 Å². The molecule has 0 radical (unpaired) electrons. The molecule has 2 saturated heterocycles. The maximum absolute atomic E-state index is 12.5. The molecule has 3 heterocycles. The molecule has 2 fully saturated rings. The number of piperidine rings is 1. The molecule has 0 amide bonds. The normalized spacial score (nSPS) is 24.3. The van der Waals surface area contributed by atoms with Crippen LogP contribution in [0.4, 0.5) is 5.69 Å². The third-order valence-corrected chi connectivity index (χ3v) is 5.25. The predicted molar refractivity (Wildman–Crippen MR) is 91.3 cm³/mol. The second-order valence-corrected chi connectivity index (χ2v) is 6.89. The van der Waals surface area contributed by atoms with Gasteiger partial charge >= 0.3 is 0 Å². The number of nitrogens with one attached hydrogen (secondary N) is 2. The molecule has 0 unspecified atom stereocenters. The van der Waals surface area contributed by atoms with Gasteiger partial charge in [-0.25, -0.2) is 4.68 Å². The SMILES string of the molecule is C[C@H](Nc1cnn(C2CCNCC2)c(=O)c1Cl)[C@@H]1CCCOC1. The van der Waals surface area contributed by atoms with E-state index in [1.807, 2.05) is 0 Å². The lowest BCUT2D eigenvalue weighted by Gasteiger charge is -2.29. The lowest BCUT2D eigenvalue weighted by atomic mass is 9.95. The van der Waals surface area contributed by atoms with E-state index in [-0.39, 0.29) is 22.7 Å². The van der Waals surface area contributed by atoms with Gasteiger partial charge in [0.15, 0.2) is 0 Å². The summed E-state index contributed by atoms with van der Waals surface area (Å²) in [5.41, 5.74) is 0.426. The van der Waals surface area contributed by atoms with E-state index in [1.54, 1.807) is 10.9 Å². The number of hydrogen-bond donors (Lipinski definition) is 2. The van der Waals surface area contributed by atoms with Crippen LogP contribution in [0.2, 0.25) is 5.02 Å². The van der Waals surface area contributed by atoms with Crippen molar-refractivity contribution in [1.29, 1.82) is 0 Å². The molecular formula is C16H25ClN4O2. The Balaban J connectivity index is 1.73. The molecule has 0 bridgehead atoms. The van der Waals surface area contributed by atoms with Gasteiger partial charge in [-0.05, 0) is 45.7 Å². The topological polar surface area (TPSA) is 68.2 Å². The first-order chi connectivity index (χ1) is 11.2. The van der Waals surface area contributed by atoms with E-state index in [4.69, 9.17) is 16.3 Å². The average molecular weight is 341 g/mol. The lowest BCUT2D eigenvalue weighted by molar-refractivity contribution is 0.0496. The minimum Gasteiger partial charge on any atom is -0.381 e. The van der Waals surface area contributed by atoms with Crippen LogP contribution in [0.5, 0.6) is 0 Å². The van der Waals surface area contributed by atoms with Gasteiger partial charge in [0.1, 0.15) is 5.02 Å². The molecule has 1 aromatic rings. The van der Waals surface area contributed by atoms with Crippen molar-refractivity contribution in [3.8, 4) is 0 Å². The summed E-state index contributed by atoms with van der Waals surface area (Å²) in [5, 5.41) is 11.2. The number of nitrogens with zero attached hydrogens (tertiary/aromatic N) is 2. The highest BCUT2D eigenvalue weighted by Gasteiger charge is 2.23. The summed E-state index contributed by atoms with van der Waals surface area (Å²) in [5.74, 6) is 0.437. The minimum atomic E-state index is -0.198. The van der Waals surface area contributed by atoms with Crippen LogP contribution in [0.1, 0.15) is 38.6 Å². The second-order valence-electron chi connectivity index (χ2n) is 6.51. The molecule has 0 saturated carbocycles. The number of ether oxygens (including phenoxy) is 1. The molecule has 3 rings (SSSR count). The molecule has 1 aromatic heterocycles. The number of halogens is 1. The summed E-state index contributed by atoms with van der Waals surface area (Å²) >= 11 is 6.32. The van der Waals surface area contributed by atoms with Gasteiger partial charge in [0.2, 0.25) is 0 Å². The van der Waals surface area contributed by atoms with Gasteiger partial charge in [-0.15, -0.1) is 0 Å². The van der Waals surface area contributed by atoms with E-state index < -0.39 is 0 Å². The fourth-order valence-electron chi connectivity index (χ4n) is 3.38. The van der Waals surface area contributed by atoms with Gasteiger partial charge in [0.25, 0.3) is 5.56 Å². The Morgan fingerprint density at radius 3 is 2.91 bits per heavy atom. The Bertz CT molecular complexity index is 580. The van der Waals surface area contributed by atoms with Crippen LogP contribution in [0.25, 0.3) is 0 Å². The van der Waals surface area contributed by atoms with E-state index in [9.17, 15) is 4.79 Å². The maximum Gasteiger partial charge on any atom is 0.287 e. The van der Waals surface area contributed by atoms with E-state index in [0.29, 0.717) is 11.6 Å². The molecule has 0 aromatic carbocycles. The van der Waals surface area contributed by atoms with E-state index >= 15 is 0 Å². The Morgan fingerprint density at radius 2 is 2.22 bits per heavy atom. The quantitative estimate of drug-likeness (QED) is 0.878. The highest BCUT2D eigenvalue weighted by Crippen LogP contribution is 2.24. The Kier molecular flexibility index (Phi) is 5.56. The molecule has 0 aliphatic carbocycles. The van der Waals surface area contributed by atoms with Crippen molar-refractivity contribution in [2.24, 2.45) is 5.92 Å². The summed E-state index contributed by atoms with van der Waals surface area (Å²) in [7, 11) is 0. The van der Waals surface area contributed by atoms with Gasteiger partial charge in [0.05, 0.1) is 24.5 Å². The van der Waals surface area contributed by atoms with Crippen molar-refractivity contribution in [3.05, 3.63) is 21.6 Å². The molecule has 23 heavy (non-hydrogen) atoms. The fourth-order valence-corrected chi connectivity index (χ4v) is 3.57. The first-order valence-electron chi connectivity index (χ1n) is 8.49. The van der Waals surface area contributed by atoms with Crippen LogP contribution in [0.15, 0.2) is 11.0 Å². The van der Waals surface area contributed by atoms with Gasteiger partial charge in [-0.1, -0.05) is 11.6 Å². The third kappa shape index (κ3) is 3.87. The molecule has 2 aliphatic heterocycles. The molecule has 6 nitrogen and oxygen atoms in total. The number of aromatic nitrogens is 2. The standard InChI is InChI=1S/C16H25ClN4O2/c1-11(12-3-2-8-23-10-12)20-14-9-19-21(16(22)15(14)17)13-4-6-18-7-5-13/h9,11-13,18,20H,2-8,10H2,1H3/t11-,12+/m0/s1. The van der Waals surface area contributed by atoms with E-state index in [1.165, 1.54) is 0 Å². The van der Waals surface area contributed by atoms with Crippen molar-refractivity contribution in [2.45, 2.75) is 44.7 Å². The van der Waals surface area contributed by atoms with Gasteiger partial charge in [0, 0.05) is 18.6 Å². The zero-order valence-corrected chi connectivity index (χ0v) is 14.3. The van der Waals surface area contributed by atoms with Crippen molar-refractivity contribution >= 4 is 17.3 Å². The summed E-state index contributed by atoms with van der Waals surface area (Å²) in [4.78, 5) is 12.5. The van der Waals surface area contributed by atoms with Gasteiger partial charge in [-0.2, -0.15) is 5.10 Å². The monoisotopic (exact) mass is 340 g/mol. The molecule has 7 heteroatoms. The molecule has 2 N–H and O–H groups in total. The summed E-state index contributed by atoms with van der Waals surface area (Å²) < 4.78 is 7.08. The molecule has 0 spiro atoms. The van der Waals surface area contributed by atoms with Crippen LogP contribution < -0.4 is 16.2 Å². The fraction of sp³-hybridized carbons (Fsp3) is 0.750. The summed E-state index contributed by atoms with van der Waals surface area (Å²) in [6.45, 7) is 5.53. The van der Waals surface area contributed by atoms with E-state index in [0.717, 1.165) is 52.0 Å². The van der Waals surface area contributed by atoms with Crippen LogP contribution in [0, 0.1) is 5.92 Å². The second kappa shape index (κ2) is 7.64. The van der Waals surface area contributed by atoms with Crippen molar-refractivity contribution in [2.75, 3.05) is 31.6 Å². The van der Waals surface area contributed by atoms with Gasteiger partial charge in [-0.3, -0.25) is 4.79 Å². The number of rotatable bonds is 4. The van der Waals surface area contributed by atoms with Crippen LogP contribution >= 0.6 is 11.6 Å². The van der Waals surface area contributed by atoms with Crippen LogP contribution in [0.3, 0.4) is 0 Å². The zero-order chi connectivity index (χ0) is 16.2. The Labute approximate surface area is 141 Å². The highest BCUT2D eigenvalue weighted by atomic mass is 35.5. The minimum absolute atomic E-state index is 0.138. The summed E-state index contributed by atoms with van der Waals surface area (Å²) in [6.07, 6.45) is 5.72. The Hall–Kier alpha value is -1.11. The number of anilines is 1.